The van der Waals surface area contributed by atoms with Gasteiger partial charge in [-0.15, -0.1) is 11.3 Å². The van der Waals surface area contributed by atoms with Crippen molar-refractivity contribution in [2.45, 2.75) is 52.4 Å². The first kappa shape index (κ1) is 15.8. The summed E-state index contributed by atoms with van der Waals surface area (Å²) in [7, 11) is 0. The molecular formula is C21H26N2OS. The molecule has 1 amide bonds. The van der Waals surface area contributed by atoms with Crippen LogP contribution in [0.4, 0.5) is 0 Å². The molecule has 0 radical (unpaired) electrons. The number of nitrogens with zero attached hydrogens (tertiary/aromatic N) is 1. The van der Waals surface area contributed by atoms with Gasteiger partial charge in [-0.2, -0.15) is 0 Å². The predicted octanol–water partition coefficient (Wildman–Crippen LogP) is 4.78. The lowest BCUT2D eigenvalue weighted by Crippen LogP contribution is -2.52. The summed E-state index contributed by atoms with van der Waals surface area (Å²) in [6.45, 7) is 4.90. The fourth-order valence-corrected chi connectivity index (χ4v) is 7.29. The second-order valence-corrected chi connectivity index (χ2v) is 9.76. The van der Waals surface area contributed by atoms with Crippen molar-refractivity contribution in [3.8, 4) is 0 Å². The minimum absolute atomic E-state index is 0.172. The lowest BCUT2D eigenvalue weighted by atomic mass is 9.49. The first-order valence-electron chi connectivity index (χ1n) is 9.62. The molecule has 1 aromatic rings. The Bertz CT molecular complexity index is 780. The molecule has 0 spiro atoms. The fraction of sp³-hybridized carbons (Fsp3) is 0.619. The summed E-state index contributed by atoms with van der Waals surface area (Å²) in [5.74, 6) is 2.39. The largest absolute Gasteiger partial charge is 0.330 e. The van der Waals surface area contributed by atoms with Gasteiger partial charge in [0.1, 0.15) is 0 Å². The van der Waals surface area contributed by atoms with Crippen LogP contribution in [0.25, 0.3) is 5.57 Å². The van der Waals surface area contributed by atoms with Crippen LogP contribution in [-0.2, 0) is 4.79 Å². The smallest absolute Gasteiger partial charge is 0.224 e. The van der Waals surface area contributed by atoms with Crippen molar-refractivity contribution in [1.29, 1.82) is 0 Å². The molecule has 1 saturated heterocycles. The average molecular weight is 355 g/mol. The zero-order chi connectivity index (χ0) is 17.2. The Labute approximate surface area is 153 Å². The highest BCUT2D eigenvalue weighted by Gasteiger charge is 2.57. The molecule has 1 N–H and O–H groups in total. The Balaban J connectivity index is 1.49. The summed E-state index contributed by atoms with van der Waals surface area (Å²) in [6.07, 6.45) is 13.5. The molecule has 3 aliphatic carbocycles. The number of aromatic nitrogens is 1. The maximum atomic E-state index is 11.9. The standard InChI is InChI=1S/C21H26N2OS/c1-20-9-7-15-13(3-6-18-21(15,2)10-8-19(24)23-18)14(20)4-5-16(20)17-11-22-12-25-17/h5-6,11-15H,3-4,7-10H2,1-2H3,(H,23,24)/t13-,14-,15-,20-,21+/m0/s1. The average Bonchev–Trinajstić information content (AvgIpc) is 3.22. The Morgan fingerprint density at radius 2 is 2.04 bits per heavy atom. The molecule has 1 aromatic heterocycles. The van der Waals surface area contributed by atoms with Gasteiger partial charge >= 0.3 is 0 Å². The first-order chi connectivity index (χ1) is 12.0. The van der Waals surface area contributed by atoms with E-state index in [0.717, 1.165) is 24.7 Å². The van der Waals surface area contributed by atoms with E-state index in [1.807, 2.05) is 11.7 Å². The second kappa shape index (κ2) is 5.29. The van der Waals surface area contributed by atoms with Crippen LogP contribution in [0.3, 0.4) is 0 Å². The molecule has 0 aromatic carbocycles. The third-order valence-corrected chi connectivity index (χ3v) is 8.70. The van der Waals surface area contributed by atoms with Gasteiger partial charge in [0.15, 0.2) is 0 Å². The third-order valence-electron chi connectivity index (χ3n) is 7.89. The van der Waals surface area contributed by atoms with E-state index in [-0.39, 0.29) is 11.3 Å². The number of carbonyl (C=O) groups is 1. The molecule has 4 heteroatoms. The molecule has 5 rings (SSSR count). The highest BCUT2D eigenvalue weighted by Crippen LogP contribution is 2.65. The van der Waals surface area contributed by atoms with E-state index in [1.165, 1.54) is 29.8 Å². The highest BCUT2D eigenvalue weighted by molar-refractivity contribution is 7.10. The summed E-state index contributed by atoms with van der Waals surface area (Å²) < 4.78 is 0. The Kier molecular flexibility index (Phi) is 3.35. The molecule has 1 saturated carbocycles. The lowest BCUT2D eigenvalue weighted by Gasteiger charge is -2.56. The monoisotopic (exact) mass is 354 g/mol. The predicted molar refractivity (Wildman–Crippen MR) is 101 cm³/mol. The minimum atomic E-state index is 0.172. The molecule has 4 aliphatic rings. The molecule has 0 bridgehead atoms. The van der Waals surface area contributed by atoms with E-state index in [4.69, 9.17) is 0 Å². The van der Waals surface area contributed by atoms with Gasteiger partial charge in [-0.1, -0.05) is 26.0 Å². The molecule has 5 atom stereocenters. The van der Waals surface area contributed by atoms with E-state index in [2.05, 4.69) is 36.3 Å². The molecule has 1 aliphatic heterocycles. The van der Waals surface area contributed by atoms with Gasteiger partial charge in [0.2, 0.25) is 5.91 Å². The van der Waals surface area contributed by atoms with Crippen LogP contribution in [-0.4, -0.2) is 10.9 Å². The van der Waals surface area contributed by atoms with Crippen LogP contribution in [0, 0.1) is 28.6 Å². The molecule has 0 unspecified atom stereocenters. The van der Waals surface area contributed by atoms with Crippen molar-refractivity contribution >= 4 is 22.8 Å². The number of nitrogens with one attached hydrogen (secondary N) is 1. The van der Waals surface area contributed by atoms with Gasteiger partial charge < -0.3 is 5.32 Å². The quantitative estimate of drug-likeness (QED) is 0.788. The number of carbonyl (C=O) groups excluding carboxylic acids is 1. The van der Waals surface area contributed by atoms with E-state index in [0.29, 0.717) is 17.8 Å². The highest BCUT2D eigenvalue weighted by atomic mass is 32.1. The van der Waals surface area contributed by atoms with E-state index < -0.39 is 0 Å². The molecule has 25 heavy (non-hydrogen) atoms. The van der Waals surface area contributed by atoms with Crippen LogP contribution in [0.5, 0.6) is 0 Å². The first-order valence-corrected chi connectivity index (χ1v) is 10.5. The molecule has 3 nitrogen and oxygen atoms in total. The topological polar surface area (TPSA) is 42.0 Å². The maximum Gasteiger partial charge on any atom is 0.224 e. The van der Waals surface area contributed by atoms with Crippen molar-refractivity contribution < 1.29 is 4.79 Å². The Morgan fingerprint density at radius 1 is 1.16 bits per heavy atom. The van der Waals surface area contributed by atoms with E-state index in [1.54, 1.807) is 16.9 Å². The molecule has 132 valence electrons. The summed E-state index contributed by atoms with van der Waals surface area (Å²) >= 11 is 1.78. The maximum absolute atomic E-state index is 11.9. The Morgan fingerprint density at radius 3 is 2.84 bits per heavy atom. The number of hydrogen-bond donors (Lipinski definition) is 1. The van der Waals surface area contributed by atoms with Crippen molar-refractivity contribution in [3.63, 3.8) is 0 Å². The summed E-state index contributed by atoms with van der Waals surface area (Å²) in [6, 6.07) is 0. The van der Waals surface area contributed by atoms with E-state index >= 15 is 0 Å². The third kappa shape index (κ3) is 2.09. The normalized spacial score (nSPS) is 42.6. The number of piperidine rings is 1. The van der Waals surface area contributed by atoms with Crippen molar-refractivity contribution in [2.24, 2.45) is 28.6 Å². The van der Waals surface area contributed by atoms with Gasteiger partial charge in [-0.3, -0.25) is 9.78 Å². The zero-order valence-corrected chi connectivity index (χ0v) is 15.9. The number of thiazole rings is 1. The van der Waals surface area contributed by atoms with Crippen molar-refractivity contribution in [2.75, 3.05) is 0 Å². The number of amides is 1. The summed E-state index contributed by atoms with van der Waals surface area (Å²) in [5.41, 5.74) is 5.20. The molecular weight excluding hydrogens is 328 g/mol. The second-order valence-electron chi connectivity index (χ2n) is 8.87. The van der Waals surface area contributed by atoms with E-state index in [9.17, 15) is 4.79 Å². The summed E-state index contributed by atoms with van der Waals surface area (Å²) in [5, 5.41) is 3.19. The zero-order valence-electron chi connectivity index (χ0n) is 15.0. The van der Waals surface area contributed by atoms with Gasteiger partial charge in [0.25, 0.3) is 0 Å². The molecule has 2 heterocycles. The Hall–Kier alpha value is -1.42. The fourth-order valence-electron chi connectivity index (χ4n) is 6.49. The number of fused-ring (bicyclic) bond motifs is 5. The summed E-state index contributed by atoms with van der Waals surface area (Å²) in [4.78, 5) is 17.5. The van der Waals surface area contributed by atoms with Crippen LogP contribution < -0.4 is 5.32 Å². The van der Waals surface area contributed by atoms with Crippen LogP contribution in [0.1, 0.15) is 57.2 Å². The number of allylic oxidation sites excluding steroid dienone is 4. The van der Waals surface area contributed by atoms with Crippen LogP contribution in [0.2, 0.25) is 0 Å². The number of rotatable bonds is 1. The SMILES string of the molecule is C[C@]12CCC(=O)NC1=CC[C@@H]1[C@@H]2CC[C@]2(C)C(c3cncs3)=CC[C@@H]12. The lowest BCUT2D eigenvalue weighted by molar-refractivity contribution is -0.124. The van der Waals surface area contributed by atoms with Gasteiger partial charge in [-0.25, -0.2) is 0 Å². The van der Waals surface area contributed by atoms with Crippen molar-refractivity contribution in [1.82, 2.24) is 10.3 Å². The number of hydrogen-bond acceptors (Lipinski definition) is 3. The van der Waals surface area contributed by atoms with Crippen LogP contribution >= 0.6 is 11.3 Å². The van der Waals surface area contributed by atoms with Crippen LogP contribution in [0.15, 0.2) is 29.6 Å². The van der Waals surface area contributed by atoms with Gasteiger partial charge in [0, 0.05) is 23.7 Å². The van der Waals surface area contributed by atoms with Crippen molar-refractivity contribution in [3.05, 3.63) is 34.4 Å². The van der Waals surface area contributed by atoms with Gasteiger partial charge in [-0.05, 0) is 60.8 Å². The minimum Gasteiger partial charge on any atom is -0.330 e. The van der Waals surface area contributed by atoms with Gasteiger partial charge in [0.05, 0.1) is 10.4 Å². The molecule has 2 fully saturated rings.